The SMILES string of the molecule is O=P(O)(S)CCCN1CCCS1(=O)=O. The van der Waals surface area contributed by atoms with Gasteiger partial charge in [-0.2, -0.15) is 0 Å². The number of thiol groups is 1. The van der Waals surface area contributed by atoms with Crippen LogP contribution in [0.3, 0.4) is 0 Å². The molecule has 84 valence electrons. The van der Waals surface area contributed by atoms with Crippen molar-refractivity contribution in [2.75, 3.05) is 25.0 Å². The van der Waals surface area contributed by atoms with Gasteiger partial charge in [0.1, 0.15) is 0 Å². The second kappa shape index (κ2) is 4.53. The number of hydrogen-bond donors (Lipinski definition) is 2. The lowest BCUT2D eigenvalue weighted by Gasteiger charge is -2.13. The van der Waals surface area contributed by atoms with Crippen LogP contribution in [0.15, 0.2) is 0 Å². The molecule has 0 spiro atoms. The normalized spacial score (nSPS) is 26.1. The lowest BCUT2D eigenvalue weighted by Crippen LogP contribution is -2.27. The third kappa shape index (κ3) is 3.90. The van der Waals surface area contributed by atoms with Crippen LogP contribution in [0.5, 0.6) is 0 Å². The summed E-state index contributed by atoms with van der Waals surface area (Å²) < 4.78 is 34.8. The van der Waals surface area contributed by atoms with Gasteiger partial charge in [-0.1, -0.05) is 12.2 Å². The van der Waals surface area contributed by atoms with Crippen LogP contribution in [-0.4, -0.2) is 42.6 Å². The molecule has 1 atom stereocenters. The summed E-state index contributed by atoms with van der Waals surface area (Å²) in [7, 11) is -3.07. The highest BCUT2D eigenvalue weighted by atomic mass is 32.7. The Kier molecular flexibility index (Phi) is 4.05. The molecular formula is C6H14NO4PS2. The lowest BCUT2D eigenvalue weighted by molar-refractivity contribution is 0.437. The van der Waals surface area contributed by atoms with Crippen molar-refractivity contribution in [3.8, 4) is 0 Å². The Bertz CT molecular complexity index is 336. The zero-order chi connectivity index (χ0) is 10.8. The van der Waals surface area contributed by atoms with E-state index in [1.807, 2.05) is 0 Å². The topological polar surface area (TPSA) is 74.7 Å². The molecule has 1 heterocycles. The molecule has 1 rings (SSSR count). The maximum Gasteiger partial charge on any atom is 0.252 e. The van der Waals surface area contributed by atoms with E-state index in [2.05, 4.69) is 12.2 Å². The van der Waals surface area contributed by atoms with Crippen molar-refractivity contribution < 1.29 is 17.9 Å². The molecule has 0 amide bonds. The Balaban J connectivity index is 2.36. The molecule has 0 aromatic heterocycles. The van der Waals surface area contributed by atoms with Gasteiger partial charge in [0.05, 0.1) is 5.75 Å². The fourth-order valence-corrected chi connectivity index (χ4v) is 3.94. The molecule has 1 aliphatic rings. The molecule has 5 nitrogen and oxygen atoms in total. The Labute approximate surface area is 89.2 Å². The van der Waals surface area contributed by atoms with E-state index >= 15 is 0 Å². The maximum atomic E-state index is 11.3. The van der Waals surface area contributed by atoms with Gasteiger partial charge < -0.3 is 4.89 Å². The van der Waals surface area contributed by atoms with Gasteiger partial charge in [-0.05, 0) is 12.8 Å². The third-order valence-electron chi connectivity index (χ3n) is 2.06. The van der Waals surface area contributed by atoms with Crippen molar-refractivity contribution in [2.45, 2.75) is 12.8 Å². The molecule has 14 heavy (non-hydrogen) atoms. The summed E-state index contributed by atoms with van der Waals surface area (Å²) >= 11 is 3.52. The molecule has 8 heteroatoms. The van der Waals surface area contributed by atoms with Crippen molar-refractivity contribution in [3.63, 3.8) is 0 Å². The first-order valence-electron chi connectivity index (χ1n) is 4.34. The molecule has 1 aliphatic heterocycles. The molecule has 0 aromatic carbocycles. The van der Waals surface area contributed by atoms with Crippen molar-refractivity contribution in [2.24, 2.45) is 0 Å². The highest BCUT2D eigenvalue weighted by Gasteiger charge is 2.27. The molecule has 0 aliphatic carbocycles. The van der Waals surface area contributed by atoms with E-state index in [4.69, 9.17) is 4.89 Å². The van der Waals surface area contributed by atoms with Crippen LogP contribution in [0.2, 0.25) is 0 Å². The standard InChI is InChI=1S/C6H14NO4PS2/c8-12(9,13)5-1-3-7-4-2-6-14(7,10)11/h1-6H2,(H2,8,9,13). The molecule has 1 N–H and O–H groups in total. The van der Waals surface area contributed by atoms with Crippen molar-refractivity contribution in [3.05, 3.63) is 0 Å². The van der Waals surface area contributed by atoms with Crippen LogP contribution in [0.25, 0.3) is 0 Å². The second-order valence-electron chi connectivity index (χ2n) is 3.31. The third-order valence-corrected chi connectivity index (χ3v) is 5.52. The van der Waals surface area contributed by atoms with Crippen LogP contribution in [0.4, 0.5) is 0 Å². The van der Waals surface area contributed by atoms with E-state index in [1.54, 1.807) is 0 Å². The average molecular weight is 259 g/mol. The summed E-state index contributed by atoms with van der Waals surface area (Å²) in [6.07, 6.45) is 1.10. The van der Waals surface area contributed by atoms with E-state index in [-0.39, 0.29) is 11.9 Å². The second-order valence-corrected chi connectivity index (χ2v) is 9.05. The molecule has 0 aromatic rings. The molecule has 0 saturated carbocycles. The average Bonchev–Trinajstić information content (AvgIpc) is 2.28. The zero-order valence-corrected chi connectivity index (χ0v) is 10.3. The van der Waals surface area contributed by atoms with Crippen molar-refractivity contribution >= 4 is 28.8 Å². The summed E-state index contributed by atoms with van der Waals surface area (Å²) in [6.45, 7) is -2.43. The smallest absolute Gasteiger partial charge is 0.252 e. The Morgan fingerprint density at radius 1 is 1.50 bits per heavy atom. The molecule has 1 saturated heterocycles. The van der Waals surface area contributed by atoms with Crippen LogP contribution in [0, 0.1) is 0 Å². The first kappa shape index (κ1) is 12.5. The zero-order valence-electron chi connectivity index (χ0n) is 7.66. The van der Waals surface area contributed by atoms with E-state index in [0.717, 1.165) is 0 Å². The lowest BCUT2D eigenvalue weighted by atomic mass is 10.4. The fraction of sp³-hybridized carbons (Fsp3) is 1.00. The largest absolute Gasteiger partial charge is 0.337 e. The highest BCUT2D eigenvalue weighted by molar-refractivity contribution is 8.45. The molecule has 1 fully saturated rings. The van der Waals surface area contributed by atoms with Crippen molar-refractivity contribution in [1.82, 2.24) is 4.31 Å². The van der Waals surface area contributed by atoms with E-state index in [9.17, 15) is 13.0 Å². The van der Waals surface area contributed by atoms with Gasteiger partial charge >= 0.3 is 0 Å². The van der Waals surface area contributed by atoms with Gasteiger partial charge in [0.25, 0.3) is 6.57 Å². The predicted molar refractivity (Wildman–Crippen MR) is 58.3 cm³/mol. The number of nitrogens with zero attached hydrogens (tertiary/aromatic N) is 1. The van der Waals surface area contributed by atoms with E-state index in [0.29, 0.717) is 25.9 Å². The summed E-state index contributed by atoms with van der Waals surface area (Å²) in [5.41, 5.74) is 0. The van der Waals surface area contributed by atoms with Gasteiger partial charge in [0.15, 0.2) is 0 Å². The molecule has 0 radical (unpaired) electrons. The summed E-state index contributed by atoms with van der Waals surface area (Å²) in [5.74, 6) is 0.199. The van der Waals surface area contributed by atoms with E-state index < -0.39 is 16.6 Å². The minimum absolute atomic E-state index is 0.0577. The van der Waals surface area contributed by atoms with Gasteiger partial charge in [0.2, 0.25) is 10.0 Å². The number of sulfonamides is 1. The summed E-state index contributed by atoms with van der Waals surface area (Å²) in [5, 5.41) is 0. The van der Waals surface area contributed by atoms with Crippen LogP contribution >= 0.6 is 18.8 Å². The molecule has 0 bridgehead atoms. The van der Waals surface area contributed by atoms with Gasteiger partial charge in [-0.3, -0.25) is 4.57 Å². The quantitative estimate of drug-likeness (QED) is 0.570. The van der Waals surface area contributed by atoms with E-state index in [1.165, 1.54) is 4.31 Å². The Hall–Kier alpha value is 0.450. The predicted octanol–water partition coefficient (Wildman–Crippen LogP) is 0.527. The van der Waals surface area contributed by atoms with Gasteiger partial charge in [-0.15, -0.1) is 0 Å². The molecular weight excluding hydrogens is 245 g/mol. The monoisotopic (exact) mass is 259 g/mol. The van der Waals surface area contributed by atoms with Crippen molar-refractivity contribution in [1.29, 1.82) is 0 Å². The van der Waals surface area contributed by atoms with Crippen LogP contribution in [0.1, 0.15) is 12.8 Å². The minimum Gasteiger partial charge on any atom is -0.337 e. The molecule has 1 unspecified atom stereocenters. The maximum absolute atomic E-state index is 11.3. The number of hydrogen-bond acceptors (Lipinski definition) is 3. The van der Waals surface area contributed by atoms with Gasteiger partial charge in [-0.25, -0.2) is 12.7 Å². The fourth-order valence-electron chi connectivity index (χ4n) is 1.40. The first-order valence-corrected chi connectivity index (χ1v) is 8.94. The van der Waals surface area contributed by atoms with Crippen LogP contribution in [-0.2, 0) is 14.6 Å². The highest BCUT2D eigenvalue weighted by Crippen LogP contribution is 2.45. The van der Waals surface area contributed by atoms with Gasteiger partial charge in [0, 0.05) is 19.3 Å². The number of rotatable bonds is 4. The minimum atomic E-state index is -3.29. The summed E-state index contributed by atoms with van der Waals surface area (Å²) in [6, 6.07) is 0. The first-order chi connectivity index (χ1) is 6.31. The van der Waals surface area contributed by atoms with Crippen LogP contribution < -0.4 is 0 Å². The Morgan fingerprint density at radius 3 is 2.57 bits per heavy atom. The Morgan fingerprint density at radius 2 is 2.14 bits per heavy atom. The summed E-state index contributed by atoms with van der Waals surface area (Å²) in [4.78, 5) is 8.87.